The lowest BCUT2D eigenvalue weighted by atomic mass is 9.97. The van der Waals surface area contributed by atoms with Gasteiger partial charge in [-0.1, -0.05) is 0 Å². The summed E-state index contributed by atoms with van der Waals surface area (Å²) in [4.78, 5) is 22.6. The van der Waals surface area contributed by atoms with Gasteiger partial charge in [0.05, 0.1) is 18.8 Å². The van der Waals surface area contributed by atoms with Gasteiger partial charge in [0.15, 0.2) is 5.78 Å². The molecule has 0 fully saturated rings. The maximum atomic E-state index is 11.5. The van der Waals surface area contributed by atoms with Crippen LogP contribution in [0.4, 0.5) is 0 Å². The van der Waals surface area contributed by atoms with Crippen LogP contribution in [0, 0.1) is 0 Å². The smallest absolute Gasteiger partial charge is 0.350 e. The topological polar surface area (TPSA) is 52.6 Å². The third-order valence-corrected chi connectivity index (χ3v) is 1.87. The second-order valence-electron chi connectivity index (χ2n) is 3.75. The molecule has 1 heterocycles. The summed E-state index contributed by atoms with van der Waals surface area (Å²) in [6.45, 7) is 5.06. The van der Waals surface area contributed by atoms with Crippen molar-refractivity contribution in [3.05, 3.63) is 12.3 Å². The first kappa shape index (κ1) is 10.8. The fraction of sp³-hybridized carbons (Fsp3) is 0.600. The van der Waals surface area contributed by atoms with Gasteiger partial charge >= 0.3 is 5.97 Å². The van der Waals surface area contributed by atoms with Gasteiger partial charge in [0.1, 0.15) is 0 Å². The minimum atomic E-state index is -1.16. The van der Waals surface area contributed by atoms with Crippen molar-refractivity contribution in [1.29, 1.82) is 0 Å². The molecule has 0 aromatic rings. The van der Waals surface area contributed by atoms with Gasteiger partial charge in [0.2, 0.25) is 5.60 Å². The number of ketones is 1. The molecule has 0 amide bonds. The van der Waals surface area contributed by atoms with Crippen LogP contribution in [0.1, 0.15) is 27.2 Å². The Bertz CT molecular complexity index is 280. The molecule has 0 aromatic heterocycles. The van der Waals surface area contributed by atoms with Crippen LogP contribution in [0.25, 0.3) is 0 Å². The molecule has 4 heteroatoms. The van der Waals surface area contributed by atoms with Gasteiger partial charge in [0, 0.05) is 6.08 Å². The van der Waals surface area contributed by atoms with Crippen molar-refractivity contribution in [2.45, 2.75) is 38.9 Å². The molecule has 1 aliphatic heterocycles. The van der Waals surface area contributed by atoms with Gasteiger partial charge in [0.25, 0.3) is 0 Å². The number of allylic oxidation sites excluding steroid dienone is 1. The van der Waals surface area contributed by atoms with Crippen LogP contribution < -0.4 is 0 Å². The Kier molecular flexibility index (Phi) is 2.93. The van der Waals surface area contributed by atoms with E-state index in [1.807, 2.05) is 0 Å². The molecule has 14 heavy (non-hydrogen) atoms. The Balaban J connectivity index is 2.70. The predicted octanol–water partition coefficient (Wildman–Crippen LogP) is 1.20. The molecule has 0 unspecified atom stereocenters. The van der Waals surface area contributed by atoms with E-state index in [-0.39, 0.29) is 18.3 Å². The molecule has 0 saturated carbocycles. The van der Waals surface area contributed by atoms with E-state index in [9.17, 15) is 9.59 Å². The van der Waals surface area contributed by atoms with Crippen molar-refractivity contribution in [2.75, 3.05) is 0 Å². The molecule has 0 saturated heterocycles. The highest BCUT2D eigenvalue weighted by Gasteiger charge is 2.40. The highest BCUT2D eigenvalue weighted by atomic mass is 16.6. The highest BCUT2D eigenvalue weighted by molar-refractivity contribution is 5.96. The maximum absolute atomic E-state index is 11.5. The van der Waals surface area contributed by atoms with Crippen LogP contribution in [-0.4, -0.2) is 23.5 Å². The Labute approximate surface area is 82.9 Å². The average molecular weight is 198 g/mol. The maximum Gasteiger partial charge on any atom is 0.350 e. The van der Waals surface area contributed by atoms with E-state index in [0.717, 1.165) is 0 Å². The summed E-state index contributed by atoms with van der Waals surface area (Å²) in [5, 5.41) is 0. The molecule has 1 rings (SSSR count). The van der Waals surface area contributed by atoms with Crippen LogP contribution in [0.2, 0.25) is 0 Å². The van der Waals surface area contributed by atoms with Crippen molar-refractivity contribution in [3.63, 3.8) is 0 Å². The summed E-state index contributed by atoms with van der Waals surface area (Å²) in [6.07, 6.45) is 2.39. The lowest BCUT2D eigenvalue weighted by Gasteiger charge is -2.28. The molecule has 1 aliphatic rings. The summed E-state index contributed by atoms with van der Waals surface area (Å²) >= 11 is 0. The molecule has 4 nitrogen and oxygen atoms in total. The zero-order chi connectivity index (χ0) is 10.8. The van der Waals surface area contributed by atoms with E-state index in [2.05, 4.69) is 0 Å². The monoisotopic (exact) mass is 198 g/mol. The van der Waals surface area contributed by atoms with Crippen LogP contribution in [0.5, 0.6) is 0 Å². The number of hydrogen-bond acceptors (Lipinski definition) is 4. The Morgan fingerprint density at radius 1 is 1.64 bits per heavy atom. The molecule has 0 aromatic carbocycles. The number of carbonyl (C=O) groups excluding carboxylic acids is 2. The van der Waals surface area contributed by atoms with Crippen LogP contribution in [0.3, 0.4) is 0 Å². The van der Waals surface area contributed by atoms with Gasteiger partial charge < -0.3 is 9.47 Å². The Morgan fingerprint density at radius 3 is 2.79 bits per heavy atom. The second kappa shape index (κ2) is 3.82. The number of ether oxygens (including phenoxy) is 2. The first-order valence-electron chi connectivity index (χ1n) is 4.52. The summed E-state index contributed by atoms with van der Waals surface area (Å²) in [5.41, 5.74) is -1.16. The SMILES string of the molecule is CC(C)OC(=O)[C@]1(C)CC(=O)C=CO1. The minimum absolute atomic E-state index is 0.0368. The lowest BCUT2D eigenvalue weighted by molar-refractivity contribution is -0.171. The predicted molar refractivity (Wildman–Crippen MR) is 49.5 cm³/mol. The second-order valence-corrected chi connectivity index (χ2v) is 3.75. The van der Waals surface area contributed by atoms with E-state index in [1.165, 1.54) is 12.3 Å². The van der Waals surface area contributed by atoms with Gasteiger partial charge in [-0.25, -0.2) is 4.79 Å². The van der Waals surface area contributed by atoms with Crippen molar-refractivity contribution >= 4 is 11.8 Å². The first-order chi connectivity index (χ1) is 6.44. The van der Waals surface area contributed by atoms with Crippen LogP contribution >= 0.6 is 0 Å². The minimum Gasteiger partial charge on any atom is -0.483 e. The van der Waals surface area contributed by atoms with Crippen molar-refractivity contribution in [3.8, 4) is 0 Å². The number of carbonyl (C=O) groups is 2. The fourth-order valence-corrected chi connectivity index (χ4v) is 1.15. The molecule has 0 radical (unpaired) electrons. The first-order valence-corrected chi connectivity index (χ1v) is 4.52. The molecule has 0 N–H and O–H groups in total. The fourth-order valence-electron chi connectivity index (χ4n) is 1.15. The molecule has 0 bridgehead atoms. The third-order valence-electron chi connectivity index (χ3n) is 1.87. The molecule has 1 atom stereocenters. The Hall–Kier alpha value is -1.32. The summed E-state index contributed by atoms with van der Waals surface area (Å²) in [5.74, 6) is -0.621. The summed E-state index contributed by atoms with van der Waals surface area (Å²) in [7, 11) is 0. The lowest BCUT2D eigenvalue weighted by Crippen LogP contribution is -2.43. The quantitative estimate of drug-likeness (QED) is 0.625. The zero-order valence-electron chi connectivity index (χ0n) is 8.57. The van der Waals surface area contributed by atoms with Crippen molar-refractivity contribution in [1.82, 2.24) is 0 Å². The van der Waals surface area contributed by atoms with Crippen molar-refractivity contribution < 1.29 is 19.1 Å². The summed E-state index contributed by atoms with van der Waals surface area (Å²) in [6, 6.07) is 0. The van der Waals surface area contributed by atoms with E-state index < -0.39 is 11.6 Å². The molecule has 0 aliphatic carbocycles. The largest absolute Gasteiger partial charge is 0.483 e. The standard InChI is InChI=1S/C10H14O4/c1-7(2)14-9(12)10(3)6-8(11)4-5-13-10/h4-5,7H,6H2,1-3H3/t10-/m0/s1. The third kappa shape index (κ3) is 2.34. The normalized spacial score (nSPS) is 26.1. The average Bonchev–Trinajstić information content (AvgIpc) is 2.02. The highest BCUT2D eigenvalue weighted by Crippen LogP contribution is 2.23. The van der Waals surface area contributed by atoms with Gasteiger partial charge in [-0.15, -0.1) is 0 Å². The molecular formula is C10H14O4. The zero-order valence-corrected chi connectivity index (χ0v) is 8.57. The molecular weight excluding hydrogens is 184 g/mol. The van der Waals surface area contributed by atoms with E-state index in [0.29, 0.717) is 0 Å². The number of rotatable bonds is 2. The Morgan fingerprint density at radius 2 is 2.29 bits per heavy atom. The van der Waals surface area contributed by atoms with Crippen molar-refractivity contribution in [2.24, 2.45) is 0 Å². The van der Waals surface area contributed by atoms with E-state index in [1.54, 1.807) is 20.8 Å². The van der Waals surface area contributed by atoms with E-state index in [4.69, 9.17) is 9.47 Å². The van der Waals surface area contributed by atoms with Crippen LogP contribution in [0.15, 0.2) is 12.3 Å². The summed E-state index contributed by atoms with van der Waals surface area (Å²) < 4.78 is 10.1. The number of hydrogen-bond donors (Lipinski definition) is 0. The molecule has 0 spiro atoms. The molecule has 78 valence electrons. The van der Waals surface area contributed by atoms with Crippen LogP contribution in [-0.2, 0) is 19.1 Å². The van der Waals surface area contributed by atoms with Gasteiger partial charge in [-0.3, -0.25) is 4.79 Å². The number of esters is 1. The van der Waals surface area contributed by atoms with E-state index >= 15 is 0 Å². The van der Waals surface area contributed by atoms with Gasteiger partial charge in [-0.05, 0) is 20.8 Å². The van der Waals surface area contributed by atoms with Gasteiger partial charge in [-0.2, -0.15) is 0 Å².